The van der Waals surface area contributed by atoms with E-state index >= 15 is 0 Å². The fourth-order valence-corrected chi connectivity index (χ4v) is 1.22. The van der Waals surface area contributed by atoms with Crippen LogP contribution in [0.3, 0.4) is 0 Å². The number of nitrogens with two attached hydrogens (primary N) is 1. The van der Waals surface area contributed by atoms with Crippen molar-refractivity contribution in [3.05, 3.63) is 10.9 Å². The number of hydrogen-bond donors (Lipinski definition) is 1. The van der Waals surface area contributed by atoms with Crippen molar-refractivity contribution in [2.45, 2.75) is 18.1 Å². The van der Waals surface area contributed by atoms with Crippen LogP contribution in [-0.4, -0.2) is 37.1 Å². The van der Waals surface area contributed by atoms with Gasteiger partial charge in [0.1, 0.15) is 15.7 Å². The summed E-state index contributed by atoms with van der Waals surface area (Å²) in [6.45, 7) is 0. The lowest BCUT2D eigenvalue weighted by atomic mass is 9.54. The smallest absolute Gasteiger partial charge is 0.115 e. The van der Waals surface area contributed by atoms with Crippen LogP contribution >= 0.6 is 0 Å². The first-order valence-corrected chi connectivity index (χ1v) is 3.62. The summed E-state index contributed by atoms with van der Waals surface area (Å²) in [5, 5.41) is 3.47. The van der Waals surface area contributed by atoms with Crippen LogP contribution in [0.5, 0.6) is 0 Å². The molecule has 0 saturated heterocycles. The molecule has 0 bridgehead atoms. The minimum Gasteiger partial charge on any atom is -0.323 e. The van der Waals surface area contributed by atoms with Crippen molar-refractivity contribution in [3.8, 4) is 0 Å². The van der Waals surface area contributed by atoms with Gasteiger partial charge in [0.25, 0.3) is 0 Å². The summed E-state index contributed by atoms with van der Waals surface area (Å²) < 4.78 is 0. The van der Waals surface area contributed by atoms with Crippen LogP contribution in [0.4, 0.5) is 0 Å². The third-order valence-electron chi connectivity index (χ3n) is 1.98. The Morgan fingerprint density at radius 3 is 2.33 bits per heavy atom. The number of nitrogens with zero attached hydrogens (tertiary/aromatic N) is 1. The summed E-state index contributed by atoms with van der Waals surface area (Å²) in [6, 6.07) is 0. The quantitative estimate of drug-likeness (QED) is 0.272. The van der Waals surface area contributed by atoms with Gasteiger partial charge in [-0.05, 0) is 5.82 Å². The second-order valence-corrected chi connectivity index (χ2v) is 2.83. The van der Waals surface area contributed by atoms with E-state index in [1.807, 2.05) is 0 Å². The average molecular weight is 149 g/mol. The van der Waals surface area contributed by atoms with Crippen LogP contribution in [0, 0.1) is 0 Å². The molecule has 0 aromatic carbocycles. The van der Waals surface area contributed by atoms with E-state index in [1.54, 1.807) is 0 Å². The SMILES string of the molecule is [B]C1=C([B])C([B])CC([B])/C1=N\N. The molecule has 1 aliphatic carbocycles. The third kappa shape index (κ3) is 1.47. The maximum absolute atomic E-state index is 5.67. The molecule has 12 heavy (non-hydrogen) atoms. The highest BCUT2D eigenvalue weighted by Gasteiger charge is 2.22. The number of hydrogen-bond acceptors (Lipinski definition) is 2. The summed E-state index contributed by atoms with van der Waals surface area (Å²) in [5.41, 5.74) is 1.18. The predicted octanol–water partition coefficient (Wildman–Crippen LogP) is -0.833. The molecule has 0 aliphatic heterocycles. The third-order valence-corrected chi connectivity index (χ3v) is 1.98. The molecule has 0 amide bonds. The molecule has 0 aromatic heterocycles. The van der Waals surface area contributed by atoms with Gasteiger partial charge in [0.15, 0.2) is 0 Å². The highest BCUT2D eigenvalue weighted by atomic mass is 15.1. The maximum Gasteiger partial charge on any atom is 0.115 e. The second kappa shape index (κ2) is 3.46. The molecule has 1 aliphatic rings. The van der Waals surface area contributed by atoms with Crippen LogP contribution in [-0.2, 0) is 0 Å². The standard InChI is InChI=1S/C6H6B4N2/c7-2-1-3(8)6(12-11)5(10)4(2)9/h2-3H,1,11H2/b12-6+. The molecule has 52 valence electrons. The zero-order valence-electron chi connectivity index (χ0n) is 6.70. The van der Waals surface area contributed by atoms with Crippen molar-refractivity contribution in [3.63, 3.8) is 0 Å². The van der Waals surface area contributed by atoms with Crippen molar-refractivity contribution < 1.29 is 0 Å². The molecule has 2 nitrogen and oxygen atoms in total. The molecule has 8 radical (unpaired) electrons. The Hall–Kier alpha value is -0.530. The van der Waals surface area contributed by atoms with E-state index in [0.29, 0.717) is 23.1 Å². The molecule has 2 N–H and O–H groups in total. The van der Waals surface area contributed by atoms with E-state index in [1.165, 1.54) is 0 Å². The number of hydrazone groups is 1. The summed E-state index contributed by atoms with van der Waals surface area (Å²) in [4.78, 5) is 0. The van der Waals surface area contributed by atoms with Gasteiger partial charge in [0, 0.05) is 5.71 Å². The Balaban J connectivity index is 3.06. The Morgan fingerprint density at radius 2 is 1.83 bits per heavy atom. The summed E-state index contributed by atoms with van der Waals surface area (Å²) in [7, 11) is 22.5. The average Bonchev–Trinajstić information content (AvgIpc) is 2.01. The van der Waals surface area contributed by atoms with Gasteiger partial charge < -0.3 is 5.84 Å². The van der Waals surface area contributed by atoms with Crippen LogP contribution in [0.2, 0.25) is 11.6 Å². The molecule has 0 aromatic rings. The van der Waals surface area contributed by atoms with Crippen LogP contribution in [0.25, 0.3) is 0 Å². The van der Waals surface area contributed by atoms with Gasteiger partial charge in [-0.1, -0.05) is 17.7 Å². The van der Waals surface area contributed by atoms with E-state index in [4.69, 9.17) is 37.2 Å². The van der Waals surface area contributed by atoms with Gasteiger partial charge in [0.2, 0.25) is 0 Å². The highest BCUT2D eigenvalue weighted by molar-refractivity contribution is 6.50. The van der Waals surface area contributed by atoms with Gasteiger partial charge in [-0.25, -0.2) is 0 Å². The lowest BCUT2D eigenvalue weighted by Crippen LogP contribution is -2.24. The summed E-state index contributed by atoms with van der Waals surface area (Å²) in [5.74, 6) is 4.49. The number of allylic oxidation sites excluding steroid dienone is 2. The van der Waals surface area contributed by atoms with Gasteiger partial charge in [-0.2, -0.15) is 5.10 Å². The molecular weight excluding hydrogens is 143 g/mol. The zero-order chi connectivity index (χ0) is 9.30. The van der Waals surface area contributed by atoms with Crippen molar-refractivity contribution in [2.75, 3.05) is 0 Å². The van der Waals surface area contributed by atoms with Crippen molar-refractivity contribution in [1.82, 2.24) is 0 Å². The van der Waals surface area contributed by atoms with Crippen LogP contribution in [0.15, 0.2) is 16.0 Å². The van der Waals surface area contributed by atoms with Gasteiger partial charge in [0.05, 0.1) is 15.7 Å². The maximum atomic E-state index is 5.67. The first-order valence-electron chi connectivity index (χ1n) is 3.62. The van der Waals surface area contributed by atoms with E-state index in [-0.39, 0.29) is 11.6 Å². The minimum absolute atomic E-state index is 0.287. The Labute approximate surface area is 77.7 Å². The topological polar surface area (TPSA) is 38.4 Å². The summed E-state index contributed by atoms with van der Waals surface area (Å²) >= 11 is 0. The van der Waals surface area contributed by atoms with E-state index in [9.17, 15) is 0 Å². The molecule has 6 heteroatoms. The molecule has 2 unspecified atom stereocenters. The molecule has 0 spiro atoms. The van der Waals surface area contributed by atoms with E-state index in [2.05, 4.69) is 5.10 Å². The van der Waals surface area contributed by atoms with Gasteiger partial charge in [-0.15, -0.1) is 5.47 Å². The largest absolute Gasteiger partial charge is 0.323 e. The van der Waals surface area contributed by atoms with Crippen LogP contribution < -0.4 is 5.84 Å². The first kappa shape index (κ1) is 9.56. The minimum atomic E-state index is -0.308. The summed E-state index contributed by atoms with van der Waals surface area (Å²) in [6.07, 6.45) is 0.530. The normalized spacial score (nSPS) is 34.2. The highest BCUT2D eigenvalue weighted by Crippen LogP contribution is 2.32. The monoisotopic (exact) mass is 150 g/mol. The lowest BCUT2D eigenvalue weighted by molar-refractivity contribution is 0.852. The molecular formula is C6H6B4N2. The predicted molar refractivity (Wildman–Crippen MR) is 53.8 cm³/mol. The van der Waals surface area contributed by atoms with Crippen molar-refractivity contribution in [2.24, 2.45) is 10.9 Å². The Kier molecular flexibility index (Phi) is 2.76. The Bertz CT molecular complexity index is 248. The zero-order valence-corrected chi connectivity index (χ0v) is 6.70. The lowest BCUT2D eigenvalue weighted by Gasteiger charge is -2.29. The van der Waals surface area contributed by atoms with Crippen molar-refractivity contribution in [1.29, 1.82) is 0 Å². The Morgan fingerprint density at radius 1 is 1.25 bits per heavy atom. The molecule has 2 atom stereocenters. The molecule has 0 fully saturated rings. The van der Waals surface area contributed by atoms with Gasteiger partial charge >= 0.3 is 0 Å². The van der Waals surface area contributed by atoms with Crippen LogP contribution in [0.1, 0.15) is 6.42 Å². The number of rotatable bonds is 0. The van der Waals surface area contributed by atoms with Crippen molar-refractivity contribution >= 4 is 37.1 Å². The fourth-order valence-electron chi connectivity index (χ4n) is 1.22. The first-order chi connectivity index (χ1) is 5.57. The van der Waals surface area contributed by atoms with E-state index < -0.39 is 0 Å². The second-order valence-electron chi connectivity index (χ2n) is 2.83. The van der Waals surface area contributed by atoms with Gasteiger partial charge in [-0.3, -0.25) is 0 Å². The molecule has 1 rings (SSSR count). The fraction of sp³-hybridized carbons (Fsp3) is 0.500. The molecule has 0 heterocycles. The molecule has 0 saturated carbocycles. The van der Waals surface area contributed by atoms with E-state index in [0.717, 1.165) is 0 Å².